The first-order chi connectivity index (χ1) is 27.3. The maximum Gasteiger partial charge on any atom is 0.180 e. The molecule has 0 atom stereocenters. The molecule has 1 aliphatic rings. The number of fused-ring (bicyclic) bond motifs is 3. The first-order valence-electron chi connectivity index (χ1n) is 18.7. The van der Waals surface area contributed by atoms with Crippen molar-refractivity contribution in [1.82, 2.24) is 15.0 Å². The summed E-state index contributed by atoms with van der Waals surface area (Å²) in [6.07, 6.45) is 0. The molecule has 2 heterocycles. The lowest BCUT2D eigenvalue weighted by Gasteiger charge is -2.31. The minimum atomic E-state index is -2.55. The molecule has 3 nitrogen and oxygen atoms in total. The Labute approximate surface area is 322 Å². The van der Waals surface area contributed by atoms with E-state index in [4.69, 9.17) is 15.0 Å². The maximum absolute atomic E-state index is 4.92. The summed E-state index contributed by atoms with van der Waals surface area (Å²) in [6, 6.07) is 76.2. The standard InChI is InChI=1S/C51H35N3Si/c1-5-16-39(17-6-1)49-52-50(40-18-7-2-8-19-40)54-51(53-49)41-34-30-37(31-35-41)36-28-32-38(33-29-36)44-25-15-27-47-48(44)45-24-13-14-26-46(45)55(47,42-20-9-3-10-21-42)43-22-11-4-12-23-43/h1-35H. The van der Waals surface area contributed by atoms with Gasteiger partial charge in [-0.3, -0.25) is 0 Å². The predicted molar refractivity (Wildman–Crippen MR) is 230 cm³/mol. The Bertz CT molecular complexity index is 2670. The minimum absolute atomic E-state index is 0.651. The molecule has 258 valence electrons. The van der Waals surface area contributed by atoms with Crippen molar-refractivity contribution in [2.75, 3.05) is 0 Å². The van der Waals surface area contributed by atoms with Crippen molar-refractivity contribution in [2.45, 2.75) is 0 Å². The van der Waals surface area contributed by atoms with Crippen LogP contribution in [0.5, 0.6) is 0 Å². The van der Waals surface area contributed by atoms with Gasteiger partial charge in [-0.05, 0) is 54.1 Å². The summed E-state index contributed by atoms with van der Waals surface area (Å²) in [7, 11) is -2.55. The molecule has 10 rings (SSSR count). The molecule has 9 aromatic rings. The van der Waals surface area contributed by atoms with Crippen LogP contribution in [0.4, 0.5) is 0 Å². The zero-order valence-corrected chi connectivity index (χ0v) is 31.0. The van der Waals surface area contributed by atoms with Gasteiger partial charge >= 0.3 is 0 Å². The molecule has 1 aliphatic heterocycles. The third-order valence-corrected chi connectivity index (χ3v) is 15.7. The second-order valence-corrected chi connectivity index (χ2v) is 17.7. The van der Waals surface area contributed by atoms with Gasteiger partial charge in [0, 0.05) is 16.7 Å². The van der Waals surface area contributed by atoms with Crippen LogP contribution in [0.15, 0.2) is 212 Å². The summed E-state index contributed by atoms with van der Waals surface area (Å²) in [4.78, 5) is 14.7. The van der Waals surface area contributed by atoms with Gasteiger partial charge in [-0.15, -0.1) is 0 Å². The van der Waals surface area contributed by atoms with E-state index in [1.165, 1.54) is 43.0 Å². The third kappa shape index (κ3) is 5.63. The predicted octanol–water partition coefficient (Wildman–Crippen LogP) is 9.56. The maximum atomic E-state index is 4.92. The van der Waals surface area contributed by atoms with Crippen LogP contribution >= 0.6 is 0 Å². The highest BCUT2D eigenvalue weighted by molar-refractivity contribution is 7.22. The molecule has 0 unspecified atom stereocenters. The molecule has 0 amide bonds. The Morgan fingerprint density at radius 2 is 0.618 bits per heavy atom. The van der Waals surface area contributed by atoms with Crippen molar-refractivity contribution in [3.63, 3.8) is 0 Å². The van der Waals surface area contributed by atoms with Crippen LogP contribution in [-0.4, -0.2) is 23.0 Å². The fourth-order valence-electron chi connectivity index (χ4n) is 8.33. The van der Waals surface area contributed by atoms with Gasteiger partial charge in [-0.25, -0.2) is 15.0 Å². The second kappa shape index (κ2) is 13.8. The lowest BCUT2D eigenvalue weighted by molar-refractivity contribution is 1.07. The Morgan fingerprint density at radius 3 is 1.13 bits per heavy atom. The fourth-order valence-corrected chi connectivity index (χ4v) is 13.5. The molecule has 0 saturated carbocycles. The minimum Gasteiger partial charge on any atom is -0.208 e. The molecule has 1 aromatic heterocycles. The van der Waals surface area contributed by atoms with Crippen LogP contribution in [0.2, 0.25) is 0 Å². The highest BCUT2D eigenvalue weighted by Crippen LogP contribution is 2.37. The van der Waals surface area contributed by atoms with E-state index in [1.54, 1.807) is 0 Å². The van der Waals surface area contributed by atoms with Crippen LogP contribution in [0.3, 0.4) is 0 Å². The van der Waals surface area contributed by atoms with E-state index in [-0.39, 0.29) is 0 Å². The van der Waals surface area contributed by atoms with E-state index in [0.717, 1.165) is 27.8 Å². The van der Waals surface area contributed by atoms with Gasteiger partial charge < -0.3 is 0 Å². The van der Waals surface area contributed by atoms with Gasteiger partial charge in [0.2, 0.25) is 0 Å². The second-order valence-electron chi connectivity index (χ2n) is 13.9. The third-order valence-electron chi connectivity index (χ3n) is 10.9. The van der Waals surface area contributed by atoms with Gasteiger partial charge in [0.15, 0.2) is 25.5 Å². The Morgan fingerprint density at radius 1 is 0.255 bits per heavy atom. The van der Waals surface area contributed by atoms with Crippen LogP contribution in [0, 0.1) is 0 Å². The highest BCUT2D eigenvalue weighted by atomic mass is 28.3. The van der Waals surface area contributed by atoms with Gasteiger partial charge in [0.25, 0.3) is 0 Å². The monoisotopic (exact) mass is 717 g/mol. The van der Waals surface area contributed by atoms with Gasteiger partial charge in [-0.2, -0.15) is 0 Å². The van der Waals surface area contributed by atoms with Crippen molar-refractivity contribution >= 4 is 28.8 Å². The summed E-state index contributed by atoms with van der Waals surface area (Å²) in [6.45, 7) is 0. The molecule has 0 fully saturated rings. The first kappa shape index (κ1) is 32.6. The molecule has 0 radical (unpaired) electrons. The van der Waals surface area contributed by atoms with Gasteiger partial charge in [0.1, 0.15) is 0 Å². The molecular formula is C51H35N3Si. The first-order valence-corrected chi connectivity index (χ1v) is 20.7. The van der Waals surface area contributed by atoms with E-state index >= 15 is 0 Å². The van der Waals surface area contributed by atoms with Crippen LogP contribution < -0.4 is 20.7 Å². The normalized spacial score (nSPS) is 12.5. The summed E-state index contributed by atoms with van der Waals surface area (Å²) < 4.78 is 0. The topological polar surface area (TPSA) is 38.7 Å². The number of rotatable bonds is 7. The van der Waals surface area contributed by atoms with E-state index in [0.29, 0.717) is 17.5 Å². The Balaban J connectivity index is 1.02. The molecule has 0 bridgehead atoms. The molecule has 55 heavy (non-hydrogen) atoms. The van der Waals surface area contributed by atoms with E-state index < -0.39 is 8.07 Å². The molecule has 0 spiro atoms. The molecular weight excluding hydrogens is 683 g/mol. The zero-order chi connectivity index (χ0) is 36.6. The molecule has 0 saturated heterocycles. The van der Waals surface area contributed by atoms with Crippen LogP contribution in [0.25, 0.3) is 67.5 Å². The van der Waals surface area contributed by atoms with Crippen molar-refractivity contribution in [2.24, 2.45) is 0 Å². The number of nitrogens with zero attached hydrogens (tertiary/aromatic N) is 3. The number of aromatic nitrogens is 3. The smallest absolute Gasteiger partial charge is 0.180 e. The molecule has 0 N–H and O–H groups in total. The van der Waals surface area contributed by atoms with E-state index in [2.05, 4.69) is 152 Å². The summed E-state index contributed by atoms with van der Waals surface area (Å²) >= 11 is 0. The van der Waals surface area contributed by atoms with E-state index in [1.807, 2.05) is 60.7 Å². The van der Waals surface area contributed by atoms with Crippen molar-refractivity contribution in [3.05, 3.63) is 212 Å². The average molecular weight is 718 g/mol. The molecule has 4 heteroatoms. The SMILES string of the molecule is c1ccc(-c2nc(-c3ccccc3)nc(-c3ccc(-c4ccc(-c5cccc6c5-c5ccccc5[Si]6(c5ccccc5)c5ccccc5)cc4)cc3)n2)cc1. The largest absolute Gasteiger partial charge is 0.208 e. The van der Waals surface area contributed by atoms with Crippen LogP contribution in [-0.2, 0) is 0 Å². The van der Waals surface area contributed by atoms with E-state index in [9.17, 15) is 0 Å². The quantitative estimate of drug-likeness (QED) is 0.154. The van der Waals surface area contributed by atoms with Crippen molar-refractivity contribution in [1.29, 1.82) is 0 Å². The molecule has 0 aliphatic carbocycles. The highest BCUT2D eigenvalue weighted by Gasteiger charge is 2.49. The number of hydrogen-bond acceptors (Lipinski definition) is 3. The summed E-state index contributed by atoms with van der Waals surface area (Å²) in [5.41, 5.74) is 10.3. The Hall–Kier alpha value is -7.01. The van der Waals surface area contributed by atoms with Crippen LogP contribution in [0.1, 0.15) is 0 Å². The zero-order valence-electron chi connectivity index (χ0n) is 30.0. The number of hydrogen-bond donors (Lipinski definition) is 0. The lowest BCUT2D eigenvalue weighted by Crippen LogP contribution is -2.72. The molecule has 8 aromatic carbocycles. The average Bonchev–Trinajstić information content (AvgIpc) is 3.59. The fraction of sp³-hybridized carbons (Fsp3) is 0. The Kier molecular flexibility index (Phi) is 8.16. The van der Waals surface area contributed by atoms with Crippen molar-refractivity contribution in [3.8, 4) is 67.5 Å². The number of benzene rings is 8. The van der Waals surface area contributed by atoms with Gasteiger partial charge in [0.05, 0.1) is 0 Å². The lowest BCUT2D eigenvalue weighted by atomic mass is 9.93. The summed E-state index contributed by atoms with van der Waals surface area (Å²) in [5.74, 6) is 1.97. The van der Waals surface area contributed by atoms with Crippen molar-refractivity contribution < 1.29 is 0 Å². The van der Waals surface area contributed by atoms with Gasteiger partial charge in [-0.1, -0.05) is 212 Å². The summed E-state index contributed by atoms with van der Waals surface area (Å²) in [5, 5.41) is 5.73.